The Hall–Kier alpha value is -1.84. The van der Waals surface area contributed by atoms with Crippen LogP contribution in [0.4, 0.5) is 11.4 Å². The summed E-state index contributed by atoms with van der Waals surface area (Å²) in [6.45, 7) is 2.84. The number of hydrogen-bond acceptors (Lipinski definition) is 2. The molecule has 0 unspecified atom stereocenters. The molecule has 3 rings (SSSR count). The van der Waals surface area contributed by atoms with Gasteiger partial charge in [-0.25, -0.2) is 0 Å². The molecule has 0 aromatic heterocycles. The third-order valence-electron chi connectivity index (χ3n) is 4.77. The van der Waals surface area contributed by atoms with E-state index >= 15 is 0 Å². The number of hydrogen-bond donors (Lipinski definition) is 1. The third kappa shape index (κ3) is 2.80. The van der Waals surface area contributed by atoms with Crippen molar-refractivity contribution < 1.29 is 9.59 Å². The van der Waals surface area contributed by atoms with Crippen molar-refractivity contribution in [3.05, 3.63) is 24.3 Å². The number of amides is 2. The molecule has 1 saturated carbocycles. The van der Waals surface area contributed by atoms with Crippen LogP contribution in [0.15, 0.2) is 24.3 Å². The van der Waals surface area contributed by atoms with Crippen LogP contribution in [0, 0.1) is 5.41 Å². The molecular formula is C17H22N2O2. The molecule has 21 heavy (non-hydrogen) atoms. The minimum Gasteiger partial charge on any atom is -0.326 e. The SMILES string of the molecule is CC1(C(=O)Nc2ccc(N3CCCC3=O)cc2)CCCC1. The lowest BCUT2D eigenvalue weighted by Gasteiger charge is -2.22. The zero-order valence-corrected chi connectivity index (χ0v) is 12.5. The maximum absolute atomic E-state index is 12.4. The van der Waals surface area contributed by atoms with Crippen LogP contribution in [0.3, 0.4) is 0 Å². The average Bonchev–Trinajstić information content (AvgIpc) is 3.09. The van der Waals surface area contributed by atoms with Crippen LogP contribution in [0.1, 0.15) is 45.4 Å². The smallest absolute Gasteiger partial charge is 0.230 e. The van der Waals surface area contributed by atoms with E-state index < -0.39 is 0 Å². The molecule has 4 heteroatoms. The van der Waals surface area contributed by atoms with Gasteiger partial charge in [-0.1, -0.05) is 19.8 Å². The highest BCUT2D eigenvalue weighted by molar-refractivity contribution is 5.97. The summed E-state index contributed by atoms with van der Waals surface area (Å²) in [6.07, 6.45) is 5.78. The van der Waals surface area contributed by atoms with E-state index in [1.54, 1.807) is 0 Å². The highest BCUT2D eigenvalue weighted by Crippen LogP contribution is 2.38. The van der Waals surface area contributed by atoms with Crippen LogP contribution < -0.4 is 10.2 Å². The molecule has 112 valence electrons. The van der Waals surface area contributed by atoms with E-state index in [-0.39, 0.29) is 17.2 Å². The Balaban J connectivity index is 1.67. The first-order chi connectivity index (χ1) is 10.1. The second-order valence-electron chi connectivity index (χ2n) is 6.42. The van der Waals surface area contributed by atoms with Gasteiger partial charge in [-0.2, -0.15) is 0 Å². The Kier molecular flexibility index (Phi) is 3.70. The highest BCUT2D eigenvalue weighted by Gasteiger charge is 2.36. The van der Waals surface area contributed by atoms with Crippen molar-refractivity contribution in [2.24, 2.45) is 5.41 Å². The van der Waals surface area contributed by atoms with Crippen molar-refractivity contribution in [3.8, 4) is 0 Å². The maximum Gasteiger partial charge on any atom is 0.230 e. The fourth-order valence-electron chi connectivity index (χ4n) is 3.31. The Labute approximate surface area is 125 Å². The zero-order chi connectivity index (χ0) is 14.9. The van der Waals surface area contributed by atoms with Gasteiger partial charge < -0.3 is 10.2 Å². The van der Waals surface area contributed by atoms with Crippen LogP contribution in [-0.4, -0.2) is 18.4 Å². The molecule has 0 bridgehead atoms. The first-order valence-corrected chi connectivity index (χ1v) is 7.80. The molecule has 1 aromatic carbocycles. The van der Waals surface area contributed by atoms with Gasteiger partial charge in [-0.3, -0.25) is 9.59 Å². The number of carbonyl (C=O) groups is 2. The summed E-state index contributed by atoms with van der Waals surface area (Å²) < 4.78 is 0. The summed E-state index contributed by atoms with van der Waals surface area (Å²) in [6, 6.07) is 7.60. The summed E-state index contributed by atoms with van der Waals surface area (Å²) in [5.41, 5.74) is 1.51. The van der Waals surface area contributed by atoms with Gasteiger partial charge in [0.1, 0.15) is 0 Å². The second kappa shape index (κ2) is 5.51. The third-order valence-corrected chi connectivity index (χ3v) is 4.77. The van der Waals surface area contributed by atoms with Crippen LogP contribution in [-0.2, 0) is 9.59 Å². The minimum absolute atomic E-state index is 0.116. The highest BCUT2D eigenvalue weighted by atomic mass is 16.2. The van der Waals surface area contributed by atoms with E-state index in [1.165, 1.54) is 0 Å². The van der Waals surface area contributed by atoms with E-state index in [9.17, 15) is 9.59 Å². The molecule has 2 amide bonds. The summed E-state index contributed by atoms with van der Waals surface area (Å²) >= 11 is 0. The van der Waals surface area contributed by atoms with Crippen molar-refractivity contribution in [1.29, 1.82) is 0 Å². The second-order valence-corrected chi connectivity index (χ2v) is 6.42. The number of nitrogens with zero attached hydrogens (tertiary/aromatic N) is 1. The number of anilines is 2. The van der Waals surface area contributed by atoms with Gasteiger partial charge in [0.25, 0.3) is 0 Å². The monoisotopic (exact) mass is 286 g/mol. The number of nitrogens with one attached hydrogen (secondary N) is 1. The lowest BCUT2D eigenvalue weighted by Crippen LogP contribution is -2.30. The van der Waals surface area contributed by atoms with Gasteiger partial charge in [0, 0.05) is 29.8 Å². The molecule has 0 spiro atoms. The Morgan fingerprint density at radius 2 is 1.81 bits per heavy atom. The molecule has 1 aromatic rings. The zero-order valence-electron chi connectivity index (χ0n) is 12.5. The van der Waals surface area contributed by atoms with Crippen LogP contribution in [0.5, 0.6) is 0 Å². The van der Waals surface area contributed by atoms with Gasteiger partial charge in [0.05, 0.1) is 0 Å². The van der Waals surface area contributed by atoms with Crippen molar-refractivity contribution in [2.75, 3.05) is 16.8 Å². The molecule has 2 aliphatic rings. The van der Waals surface area contributed by atoms with Crippen molar-refractivity contribution in [1.82, 2.24) is 0 Å². The standard InChI is InChI=1S/C17H22N2O2/c1-17(10-2-3-11-17)16(21)18-13-6-8-14(9-7-13)19-12-4-5-15(19)20/h6-9H,2-5,10-12H2,1H3,(H,18,21). The Morgan fingerprint density at radius 3 is 2.38 bits per heavy atom. The van der Waals surface area contributed by atoms with Crippen LogP contribution in [0.25, 0.3) is 0 Å². The van der Waals surface area contributed by atoms with E-state index in [4.69, 9.17) is 0 Å². The topological polar surface area (TPSA) is 49.4 Å². The summed E-state index contributed by atoms with van der Waals surface area (Å²) in [7, 11) is 0. The van der Waals surface area contributed by atoms with Crippen LogP contribution in [0.2, 0.25) is 0 Å². The van der Waals surface area contributed by atoms with Gasteiger partial charge in [-0.15, -0.1) is 0 Å². The molecule has 2 fully saturated rings. The quantitative estimate of drug-likeness (QED) is 0.926. The summed E-state index contributed by atoms with van der Waals surface area (Å²) in [5, 5.41) is 3.01. The fraction of sp³-hybridized carbons (Fsp3) is 0.529. The largest absolute Gasteiger partial charge is 0.326 e. The van der Waals surface area contributed by atoms with Gasteiger partial charge in [0.2, 0.25) is 11.8 Å². The van der Waals surface area contributed by atoms with Crippen LogP contribution >= 0.6 is 0 Å². The Bertz CT molecular complexity index is 544. The predicted octanol–water partition coefficient (Wildman–Crippen LogP) is 3.33. The molecule has 1 N–H and O–H groups in total. The molecule has 1 aliphatic carbocycles. The fourth-order valence-corrected chi connectivity index (χ4v) is 3.31. The van der Waals surface area contributed by atoms with Crippen molar-refractivity contribution >= 4 is 23.2 Å². The average molecular weight is 286 g/mol. The molecule has 0 radical (unpaired) electrons. The van der Waals surface area contributed by atoms with E-state index in [2.05, 4.69) is 5.32 Å². The first-order valence-electron chi connectivity index (χ1n) is 7.80. The van der Waals surface area contributed by atoms with Crippen molar-refractivity contribution in [2.45, 2.75) is 45.4 Å². The van der Waals surface area contributed by atoms with Crippen molar-refractivity contribution in [3.63, 3.8) is 0 Å². The lowest BCUT2D eigenvalue weighted by atomic mass is 9.88. The van der Waals surface area contributed by atoms with Gasteiger partial charge in [-0.05, 0) is 43.5 Å². The van der Waals surface area contributed by atoms with Gasteiger partial charge in [0.15, 0.2) is 0 Å². The maximum atomic E-state index is 12.4. The summed E-state index contributed by atoms with van der Waals surface area (Å²) in [5.74, 6) is 0.301. The summed E-state index contributed by atoms with van der Waals surface area (Å²) in [4.78, 5) is 25.9. The lowest BCUT2D eigenvalue weighted by molar-refractivity contribution is -0.124. The first kappa shape index (κ1) is 14.1. The number of carbonyl (C=O) groups excluding carboxylic acids is 2. The molecule has 1 aliphatic heterocycles. The molecule has 1 saturated heterocycles. The Morgan fingerprint density at radius 1 is 1.14 bits per heavy atom. The number of rotatable bonds is 3. The molecule has 0 atom stereocenters. The van der Waals surface area contributed by atoms with E-state index in [0.29, 0.717) is 6.42 Å². The predicted molar refractivity (Wildman–Crippen MR) is 83.2 cm³/mol. The molecular weight excluding hydrogens is 264 g/mol. The minimum atomic E-state index is -0.219. The van der Waals surface area contributed by atoms with E-state index in [1.807, 2.05) is 36.1 Å². The number of benzene rings is 1. The van der Waals surface area contributed by atoms with Gasteiger partial charge >= 0.3 is 0 Å². The molecule has 1 heterocycles. The van der Waals surface area contributed by atoms with E-state index in [0.717, 1.165) is 50.0 Å². The molecule has 4 nitrogen and oxygen atoms in total. The normalized spacial score (nSPS) is 20.8.